The number of carbonyl (C=O) groups is 2. The van der Waals surface area contributed by atoms with Gasteiger partial charge in [0.25, 0.3) is 0 Å². The summed E-state index contributed by atoms with van der Waals surface area (Å²) in [6.07, 6.45) is -0.999. The van der Waals surface area contributed by atoms with Crippen molar-refractivity contribution in [2.24, 2.45) is 5.92 Å². The minimum absolute atomic E-state index is 0.150. The number of carbonyl (C=O) groups excluding carboxylic acids is 2. The fourth-order valence-corrected chi connectivity index (χ4v) is 1.60. The maximum atomic E-state index is 11.7. The first kappa shape index (κ1) is 18.7. The Bertz CT molecular complexity index is 322. The van der Waals surface area contributed by atoms with Crippen molar-refractivity contribution >= 4 is 12.1 Å². The summed E-state index contributed by atoms with van der Waals surface area (Å²) in [7, 11) is 0. The van der Waals surface area contributed by atoms with E-state index < -0.39 is 29.8 Å². The van der Waals surface area contributed by atoms with Crippen LogP contribution in [-0.4, -0.2) is 41.5 Å². The number of ether oxygens (including phenoxy) is 2. The normalized spacial score (nSPS) is 14.6. The number of aliphatic hydroxyl groups is 1. The quantitative estimate of drug-likeness (QED) is 0.729. The van der Waals surface area contributed by atoms with Crippen molar-refractivity contribution in [1.29, 1.82) is 0 Å². The summed E-state index contributed by atoms with van der Waals surface area (Å²) in [6.45, 7) is 10.4. The standard InChI is InChI=1S/C14H27NO5/c1-9(2)7-11(12(17)8-19-10(3)16)15-13(18)20-14(4,5)6/h9,11-12,17H,7-8H2,1-6H3,(H,15,18). The van der Waals surface area contributed by atoms with Gasteiger partial charge in [0.2, 0.25) is 0 Å². The molecule has 0 rings (SSSR count). The van der Waals surface area contributed by atoms with Crippen LogP contribution in [0.3, 0.4) is 0 Å². The van der Waals surface area contributed by atoms with Crippen LogP contribution in [0.5, 0.6) is 0 Å². The van der Waals surface area contributed by atoms with Gasteiger partial charge in [-0.3, -0.25) is 4.79 Å². The number of rotatable bonds is 6. The molecule has 118 valence electrons. The molecule has 0 spiro atoms. The van der Waals surface area contributed by atoms with Gasteiger partial charge in [-0.1, -0.05) is 13.8 Å². The highest BCUT2D eigenvalue weighted by atomic mass is 16.6. The summed E-state index contributed by atoms with van der Waals surface area (Å²) in [6, 6.07) is -0.524. The summed E-state index contributed by atoms with van der Waals surface area (Å²) in [5.41, 5.74) is -0.604. The highest BCUT2D eigenvalue weighted by Gasteiger charge is 2.26. The smallest absolute Gasteiger partial charge is 0.407 e. The van der Waals surface area contributed by atoms with Crippen molar-refractivity contribution in [3.8, 4) is 0 Å². The van der Waals surface area contributed by atoms with Gasteiger partial charge in [-0.15, -0.1) is 0 Å². The van der Waals surface area contributed by atoms with Gasteiger partial charge >= 0.3 is 12.1 Å². The largest absolute Gasteiger partial charge is 0.463 e. The van der Waals surface area contributed by atoms with Gasteiger partial charge in [-0.05, 0) is 33.1 Å². The van der Waals surface area contributed by atoms with Crippen LogP contribution in [-0.2, 0) is 14.3 Å². The van der Waals surface area contributed by atoms with E-state index in [0.717, 1.165) is 0 Å². The Hall–Kier alpha value is -1.30. The molecule has 2 unspecified atom stereocenters. The van der Waals surface area contributed by atoms with Crippen LogP contribution in [0.4, 0.5) is 4.79 Å². The van der Waals surface area contributed by atoms with Crippen LogP contribution in [0.2, 0.25) is 0 Å². The van der Waals surface area contributed by atoms with Crippen molar-refractivity contribution < 1.29 is 24.2 Å². The van der Waals surface area contributed by atoms with Crippen LogP contribution in [0.25, 0.3) is 0 Å². The Morgan fingerprint density at radius 1 is 1.25 bits per heavy atom. The van der Waals surface area contributed by atoms with Crippen molar-refractivity contribution in [3.63, 3.8) is 0 Å². The summed E-state index contributed by atoms with van der Waals surface area (Å²) >= 11 is 0. The Balaban J connectivity index is 4.54. The number of aliphatic hydroxyl groups excluding tert-OH is 1. The molecule has 0 aliphatic heterocycles. The molecule has 6 nitrogen and oxygen atoms in total. The SMILES string of the molecule is CC(=O)OCC(O)C(CC(C)C)NC(=O)OC(C)(C)C. The van der Waals surface area contributed by atoms with Gasteiger partial charge in [0, 0.05) is 6.92 Å². The maximum Gasteiger partial charge on any atom is 0.407 e. The van der Waals surface area contributed by atoms with Gasteiger partial charge in [0.05, 0.1) is 6.04 Å². The zero-order chi connectivity index (χ0) is 15.9. The van der Waals surface area contributed by atoms with Crippen molar-refractivity contribution in [2.75, 3.05) is 6.61 Å². The fraction of sp³-hybridized carbons (Fsp3) is 0.857. The van der Waals surface area contributed by atoms with Crippen LogP contribution < -0.4 is 5.32 Å². The number of hydrogen-bond acceptors (Lipinski definition) is 5. The molecule has 2 N–H and O–H groups in total. The second-order valence-electron chi connectivity index (χ2n) is 6.25. The van der Waals surface area contributed by atoms with Crippen LogP contribution in [0.1, 0.15) is 48.0 Å². The molecule has 0 saturated carbocycles. The lowest BCUT2D eigenvalue weighted by Crippen LogP contribution is -2.47. The fourth-order valence-electron chi connectivity index (χ4n) is 1.60. The number of alkyl carbamates (subject to hydrolysis) is 1. The third-order valence-corrected chi connectivity index (χ3v) is 2.35. The lowest BCUT2D eigenvalue weighted by atomic mass is 9.99. The van der Waals surface area contributed by atoms with Gasteiger partial charge < -0.3 is 19.9 Å². The Morgan fingerprint density at radius 3 is 2.20 bits per heavy atom. The Labute approximate surface area is 120 Å². The minimum Gasteiger partial charge on any atom is -0.463 e. The molecule has 0 bridgehead atoms. The van der Waals surface area contributed by atoms with E-state index in [1.54, 1.807) is 20.8 Å². The number of nitrogens with one attached hydrogen (secondary N) is 1. The molecule has 6 heteroatoms. The molecule has 0 aromatic heterocycles. The van der Waals surface area contributed by atoms with Gasteiger partial charge in [-0.25, -0.2) is 4.79 Å². The third-order valence-electron chi connectivity index (χ3n) is 2.35. The molecule has 0 aliphatic rings. The number of hydrogen-bond donors (Lipinski definition) is 2. The lowest BCUT2D eigenvalue weighted by molar-refractivity contribution is -0.144. The molecule has 0 aromatic rings. The highest BCUT2D eigenvalue weighted by molar-refractivity contribution is 5.68. The summed E-state index contributed by atoms with van der Waals surface area (Å²) in [5, 5.41) is 12.6. The van der Waals surface area contributed by atoms with Crippen molar-refractivity contribution in [3.05, 3.63) is 0 Å². The summed E-state index contributed by atoms with van der Waals surface area (Å²) in [5.74, 6) is -0.202. The average Bonchev–Trinajstić information content (AvgIpc) is 2.21. The molecule has 2 atom stereocenters. The number of esters is 1. The van der Waals surface area contributed by atoms with Crippen LogP contribution in [0.15, 0.2) is 0 Å². The molecular formula is C14H27NO5. The maximum absolute atomic E-state index is 11.7. The van der Waals surface area contributed by atoms with E-state index in [9.17, 15) is 14.7 Å². The van der Waals surface area contributed by atoms with E-state index in [1.807, 2.05) is 13.8 Å². The first-order valence-corrected chi connectivity index (χ1v) is 6.82. The second-order valence-corrected chi connectivity index (χ2v) is 6.25. The van der Waals surface area contributed by atoms with Gasteiger partial charge in [-0.2, -0.15) is 0 Å². The average molecular weight is 289 g/mol. The summed E-state index contributed by atoms with van der Waals surface area (Å²) in [4.78, 5) is 22.5. The monoisotopic (exact) mass is 289 g/mol. The number of amides is 1. The molecule has 0 fully saturated rings. The third kappa shape index (κ3) is 9.61. The summed E-state index contributed by atoms with van der Waals surface area (Å²) < 4.78 is 9.92. The van der Waals surface area contributed by atoms with Crippen LogP contribution in [0, 0.1) is 5.92 Å². The molecule has 0 aromatic carbocycles. The van der Waals surface area contributed by atoms with Crippen molar-refractivity contribution in [1.82, 2.24) is 5.32 Å². The zero-order valence-electron chi connectivity index (χ0n) is 13.2. The second kappa shape index (κ2) is 8.09. The molecule has 0 aliphatic carbocycles. The zero-order valence-corrected chi connectivity index (χ0v) is 13.2. The first-order chi connectivity index (χ1) is 9.01. The van der Waals surface area contributed by atoms with E-state index in [-0.39, 0.29) is 12.5 Å². The van der Waals surface area contributed by atoms with E-state index in [2.05, 4.69) is 5.32 Å². The molecule has 0 radical (unpaired) electrons. The molecular weight excluding hydrogens is 262 g/mol. The lowest BCUT2D eigenvalue weighted by Gasteiger charge is -2.27. The van der Waals surface area contributed by atoms with Crippen LogP contribution >= 0.6 is 0 Å². The van der Waals surface area contributed by atoms with Gasteiger partial charge in [0.1, 0.15) is 18.3 Å². The molecule has 1 amide bonds. The molecule has 0 heterocycles. The van der Waals surface area contributed by atoms with E-state index in [1.165, 1.54) is 6.92 Å². The van der Waals surface area contributed by atoms with Gasteiger partial charge in [0.15, 0.2) is 0 Å². The first-order valence-electron chi connectivity index (χ1n) is 6.82. The van der Waals surface area contributed by atoms with E-state index in [4.69, 9.17) is 9.47 Å². The minimum atomic E-state index is -0.964. The molecule has 20 heavy (non-hydrogen) atoms. The Kier molecular flexibility index (Phi) is 7.57. The van der Waals surface area contributed by atoms with Crippen molar-refractivity contribution in [2.45, 2.75) is 65.7 Å². The van der Waals surface area contributed by atoms with E-state index in [0.29, 0.717) is 6.42 Å². The highest BCUT2D eigenvalue weighted by Crippen LogP contribution is 2.12. The predicted octanol–water partition coefficient (Wildman–Crippen LogP) is 1.85. The Morgan fingerprint density at radius 2 is 1.80 bits per heavy atom. The topological polar surface area (TPSA) is 84.9 Å². The molecule has 0 saturated heterocycles. The van der Waals surface area contributed by atoms with E-state index >= 15 is 0 Å². The predicted molar refractivity (Wildman–Crippen MR) is 75.3 cm³/mol.